The van der Waals surface area contributed by atoms with Crippen LogP contribution in [0.25, 0.3) is 10.8 Å². The highest BCUT2D eigenvalue weighted by Crippen LogP contribution is 2.45. The van der Waals surface area contributed by atoms with E-state index in [9.17, 15) is 5.26 Å². The lowest BCUT2D eigenvalue weighted by atomic mass is 10.1. The molecule has 4 rings (SSSR count). The first-order valence-electron chi connectivity index (χ1n) is 12.1. The normalized spacial score (nSPS) is 11.2. The number of ether oxygens (including phenoxy) is 3. The number of nitriles is 2. The molecule has 0 spiro atoms. The Morgan fingerprint density at radius 1 is 0.895 bits per heavy atom. The molecule has 9 nitrogen and oxygen atoms in total. The monoisotopic (exact) mass is 508 g/mol. The number of nitrogens with zero attached hydrogens (tertiary/aromatic N) is 4. The summed E-state index contributed by atoms with van der Waals surface area (Å²) < 4.78 is 17.6. The molecule has 3 aromatic carbocycles. The van der Waals surface area contributed by atoms with Crippen molar-refractivity contribution in [3.8, 4) is 35.3 Å². The van der Waals surface area contributed by atoms with Crippen molar-refractivity contribution in [1.82, 2.24) is 9.97 Å². The summed E-state index contributed by atoms with van der Waals surface area (Å²) in [6.07, 6.45) is 1.02. The van der Waals surface area contributed by atoms with Crippen molar-refractivity contribution in [2.24, 2.45) is 5.92 Å². The summed E-state index contributed by atoms with van der Waals surface area (Å²) in [6, 6.07) is 20.1. The third-order valence-electron chi connectivity index (χ3n) is 6.07. The standard InChI is InChI=1S/C29H28N6O3/c1-5-18(2)17-32-25-14-26(35-29(34-25)33-22-9-6-19(15-30)7-10-22)38-28-24(36-3)13-21-12-20(16-31)8-11-23(21)27(28)37-4/h6-14,18H,5,17H2,1-4H3,(H2,32,33,34,35). The molecule has 2 N–H and O–H groups in total. The SMILES string of the molecule is CCC(C)CNc1cc(Oc2c(OC)cc3cc(C#N)ccc3c2OC)nc(Nc2ccc(C#N)cc2)n1. The Morgan fingerprint density at radius 3 is 2.29 bits per heavy atom. The van der Waals surface area contributed by atoms with E-state index >= 15 is 0 Å². The van der Waals surface area contributed by atoms with Crippen LogP contribution in [0, 0.1) is 28.6 Å². The van der Waals surface area contributed by atoms with Crippen LogP contribution < -0.4 is 24.8 Å². The molecule has 192 valence electrons. The van der Waals surface area contributed by atoms with Crippen molar-refractivity contribution in [2.75, 3.05) is 31.4 Å². The molecule has 0 saturated carbocycles. The number of hydrogen-bond donors (Lipinski definition) is 2. The second-order valence-electron chi connectivity index (χ2n) is 8.71. The molecule has 1 atom stereocenters. The van der Waals surface area contributed by atoms with Crippen LogP contribution in [0.2, 0.25) is 0 Å². The van der Waals surface area contributed by atoms with Gasteiger partial charge in [0, 0.05) is 23.7 Å². The van der Waals surface area contributed by atoms with Gasteiger partial charge in [0.1, 0.15) is 5.82 Å². The Morgan fingerprint density at radius 2 is 1.63 bits per heavy atom. The number of rotatable bonds is 10. The predicted molar refractivity (Wildman–Crippen MR) is 146 cm³/mol. The molecule has 0 fully saturated rings. The Bertz CT molecular complexity index is 1520. The smallest absolute Gasteiger partial charge is 0.232 e. The van der Waals surface area contributed by atoms with Crippen molar-refractivity contribution in [3.63, 3.8) is 0 Å². The van der Waals surface area contributed by atoms with Gasteiger partial charge in [0.15, 0.2) is 11.5 Å². The van der Waals surface area contributed by atoms with Gasteiger partial charge in [-0.2, -0.15) is 20.5 Å². The highest BCUT2D eigenvalue weighted by atomic mass is 16.5. The largest absolute Gasteiger partial charge is 0.493 e. The van der Waals surface area contributed by atoms with E-state index in [4.69, 9.17) is 19.5 Å². The Balaban J connectivity index is 1.75. The highest BCUT2D eigenvalue weighted by molar-refractivity contribution is 5.94. The summed E-state index contributed by atoms with van der Waals surface area (Å²) in [6.45, 7) is 5.02. The van der Waals surface area contributed by atoms with Crippen molar-refractivity contribution in [3.05, 3.63) is 65.7 Å². The van der Waals surface area contributed by atoms with Gasteiger partial charge in [-0.25, -0.2) is 0 Å². The summed E-state index contributed by atoms with van der Waals surface area (Å²) in [4.78, 5) is 9.17. The average molecular weight is 509 g/mol. The maximum Gasteiger partial charge on any atom is 0.232 e. The van der Waals surface area contributed by atoms with Gasteiger partial charge < -0.3 is 24.8 Å². The van der Waals surface area contributed by atoms with E-state index in [2.05, 4.69) is 46.6 Å². The summed E-state index contributed by atoms with van der Waals surface area (Å²) in [5.74, 6) is 2.86. The molecule has 0 bridgehead atoms. The van der Waals surface area contributed by atoms with E-state index < -0.39 is 0 Å². The zero-order valence-corrected chi connectivity index (χ0v) is 21.7. The Kier molecular flexibility index (Phi) is 8.10. The summed E-state index contributed by atoms with van der Waals surface area (Å²) in [7, 11) is 3.09. The van der Waals surface area contributed by atoms with Crippen LogP contribution in [0.4, 0.5) is 17.5 Å². The van der Waals surface area contributed by atoms with Gasteiger partial charge in [0.05, 0.1) is 37.5 Å². The molecule has 4 aromatic rings. The first-order chi connectivity index (χ1) is 18.5. The number of methoxy groups -OCH3 is 2. The molecule has 38 heavy (non-hydrogen) atoms. The number of benzene rings is 3. The maximum atomic E-state index is 9.30. The second-order valence-corrected chi connectivity index (χ2v) is 8.71. The quantitative estimate of drug-likeness (QED) is 0.251. The molecule has 0 radical (unpaired) electrons. The van der Waals surface area contributed by atoms with E-state index in [1.807, 2.05) is 6.07 Å². The van der Waals surface area contributed by atoms with E-state index in [0.717, 1.165) is 29.4 Å². The van der Waals surface area contributed by atoms with Gasteiger partial charge in [-0.3, -0.25) is 0 Å². The zero-order chi connectivity index (χ0) is 27.1. The van der Waals surface area contributed by atoms with Crippen LogP contribution in [0.5, 0.6) is 23.1 Å². The highest BCUT2D eigenvalue weighted by Gasteiger charge is 2.20. The fourth-order valence-corrected chi connectivity index (χ4v) is 3.76. The van der Waals surface area contributed by atoms with E-state index in [-0.39, 0.29) is 5.88 Å². The minimum atomic E-state index is 0.271. The lowest BCUT2D eigenvalue weighted by Gasteiger charge is -2.18. The van der Waals surface area contributed by atoms with Gasteiger partial charge in [-0.1, -0.05) is 20.3 Å². The summed E-state index contributed by atoms with van der Waals surface area (Å²) >= 11 is 0. The molecule has 1 heterocycles. The molecule has 0 aliphatic heterocycles. The first kappa shape index (κ1) is 26.1. The average Bonchev–Trinajstić information content (AvgIpc) is 2.95. The molecule has 0 saturated heterocycles. The van der Waals surface area contributed by atoms with Crippen LogP contribution in [-0.2, 0) is 0 Å². The number of aromatic nitrogens is 2. The Hall–Kier alpha value is -5.02. The molecule has 0 aliphatic rings. The van der Waals surface area contributed by atoms with Crippen molar-refractivity contribution < 1.29 is 14.2 Å². The van der Waals surface area contributed by atoms with Crippen molar-refractivity contribution in [1.29, 1.82) is 10.5 Å². The number of nitrogens with one attached hydrogen (secondary N) is 2. The molecular formula is C29H28N6O3. The number of fused-ring (bicyclic) bond motifs is 1. The van der Waals surface area contributed by atoms with E-state index in [0.29, 0.717) is 46.1 Å². The number of anilines is 3. The lowest BCUT2D eigenvalue weighted by molar-refractivity contribution is 0.345. The van der Waals surface area contributed by atoms with Gasteiger partial charge >= 0.3 is 0 Å². The van der Waals surface area contributed by atoms with Crippen LogP contribution in [0.1, 0.15) is 31.4 Å². The second kappa shape index (κ2) is 11.8. The zero-order valence-electron chi connectivity index (χ0n) is 21.7. The topological polar surface area (TPSA) is 125 Å². The molecule has 1 aromatic heterocycles. The van der Waals surface area contributed by atoms with Gasteiger partial charge in [0.25, 0.3) is 0 Å². The molecule has 0 aliphatic carbocycles. The van der Waals surface area contributed by atoms with Crippen LogP contribution >= 0.6 is 0 Å². The number of hydrogen-bond acceptors (Lipinski definition) is 9. The molecule has 0 amide bonds. The maximum absolute atomic E-state index is 9.30. The van der Waals surface area contributed by atoms with Gasteiger partial charge in [0.2, 0.25) is 17.6 Å². The third-order valence-corrected chi connectivity index (χ3v) is 6.07. The summed E-state index contributed by atoms with van der Waals surface area (Å²) in [5.41, 5.74) is 1.81. The molecule has 1 unspecified atom stereocenters. The third kappa shape index (κ3) is 5.85. The summed E-state index contributed by atoms with van der Waals surface area (Å²) in [5, 5.41) is 26.5. The first-order valence-corrected chi connectivity index (χ1v) is 12.1. The van der Waals surface area contributed by atoms with Gasteiger partial charge in [-0.05, 0) is 59.8 Å². The van der Waals surface area contributed by atoms with Crippen LogP contribution in [0.15, 0.2) is 54.6 Å². The molecular weight excluding hydrogens is 480 g/mol. The van der Waals surface area contributed by atoms with Crippen LogP contribution in [-0.4, -0.2) is 30.7 Å². The van der Waals surface area contributed by atoms with E-state index in [1.54, 1.807) is 62.8 Å². The van der Waals surface area contributed by atoms with Gasteiger partial charge in [-0.15, -0.1) is 0 Å². The fraction of sp³-hybridized carbons (Fsp3) is 0.241. The lowest BCUT2D eigenvalue weighted by Crippen LogP contribution is -2.12. The minimum Gasteiger partial charge on any atom is -0.493 e. The van der Waals surface area contributed by atoms with Crippen molar-refractivity contribution >= 4 is 28.2 Å². The molecule has 9 heteroatoms. The minimum absolute atomic E-state index is 0.271. The predicted octanol–water partition coefficient (Wildman–Crippen LogP) is 6.38. The van der Waals surface area contributed by atoms with Crippen LogP contribution in [0.3, 0.4) is 0 Å². The van der Waals surface area contributed by atoms with E-state index in [1.165, 1.54) is 0 Å². The fourth-order valence-electron chi connectivity index (χ4n) is 3.76. The Labute approximate surface area is 221 Å². The van der Waals surface area contributed by atoms with Crippen molar-refractivity contribution in [2.45, 2.75) is 20.3 Å².